The zero-order chi connectivity index (χ0) is 10.9. The molecule has 1 heterocycles. The molecule has 0 saturated heterocycles. The lowest BCUT2D eigenvalue weighted by Crippen LogP contribution is -2.16. The number of aromatic amines is 1. The van der Waals surface area contributed by atoms with Gasteiger partial charge in [0.2, 0.25) is 0 Å². The number of nitrogens with one attached hydrogen (secondary N) is 1. The number of rotatable bonds is 3. The molecule has 0 unspecified atom stereocenters. The Morgan fingerprint density at radius 2 is 2.13 bits per heavy atom. The molecule has 3 N–H and O–H groups in total. The molecule has 0 radical (unpaired) electrons. The molecule has 0 fully saturated rings. The lowest BCUT2D eigenvalue weighted by molar-refractivity contribution is 0.302. The fourth-order valence-corrected chi connectivity index (χ4v) is 2.08. The highest BCUT2D eigenvalue weighted by atomic mass is 32.2. The van der Waals surface area contributed by atoms with Gasteiger partial charge in [0.15, 0.2) is 0 Å². The molecule has 1 aliphatic rings. The van der Waals surface area contributed by atoms with Crippen molar-refractivity contribution < 1.29 is 12.6 Å². The Hall–Kier alpha value is -0.920. The standard InChI is InChI=1S/C8H13N3O3S/c9-15(12,13)14-5-8-6-3-1-2-4-7(6)10-11-8/h1-5H2,(H,10,11)(H2,9,12,13). The van der Waals surface area contributed by atoms with Crippen LogP contribution in [0.3, 0.4) is 0 Å². The van der Waals surface area contributed by atoms with Gasteiger partial charge in [-0.3, -0.25) is 9.28 Å². The number of hydrogen-bond donors (Lipinski definition) is 2. The largest absolute Gasteiger partial charge is 0.333 e. The highest BCUT2D eigenvalue weighted by Crippen LogP contribution is 2.22. The summed E-state index contributed by atoms with van der Waals surface area (Å²) in [5.74, 6) is 0. The number of nitrogens with zero attached hydrogens (tertiary/aromatic N) is 1. The van der Waals surface area contributed by atoms with Crippen LogP contribution in [0.2, 0.25) is 0 Å². The fourth-order valence-electron chi connectivity index (χ4n) is 1.81. The van der Waals surface area contributed by atoms with Gasteiger partial charge in [0, 0.05) is 5.69 Å². The van der Waals surface area contributed by atoms with Gasteiger partial charge in [-0.05, 0) is 31.2 Å². The molecule has 84 valence electrons. The molecule has 1 aliphatic carbocycles. The number of aromatic nitrogens is 2. The topological polar surface area (TPSA) is 98.1 Å². The Bertz CT molecular complexity index is 452. The zero-order valence-electron chi connectivity index (χ0n) is 8.19. The van der Waals surface area contributed by atoms with Crippen molar-refractivity contribution in [1.82, 2.24) is 10.2 Å². The summed E-state index contributed by atoms with van der Waals surface area (Å²) in [6, 6.07) is 0. The minimum absolute atomic E-state index is 0.0787. The van der Waals surface area contributed by atoms with Crippen LogP contribution in [-0.2, 0) is 33.9 Å². The Morgan fingerprint density at radius 3 is 2.87 bits per heavy atom. The van der Waals surface area contributed by atoms with E-state index in [4.69, 9.17) is 5.14 Å². The van der Waals surface area contributed by atoms with Crippen LogP contribution in [0.25, 0.3) is 0 Å². The molecule has 0 spiro atoms. The average Bonchev–Trinajstić information content (AvgIpc) is 2.57. The van der Waals surface area contributed by atoms with Gasteiger partial charge in [0.25, 0.3) is 0 Å². The normalized spacial score (nSPS) is 16.3. The molecule has 0 aliphatic heterocycles. The Labute approximate surface area is 88.1 Å². The summed E-state index contributed by atoms with van der Waals surface area (Å²) in [6.45, 7) is -0.0787. The van der Waals surface area contributed by atoms with Crippen molar-refractivity contribution in [2.24, 2.45) is 5.14 Å². The molecular weight excluding hydrogens is 218 g/mol. The minimum atomic E-state index is -3.88. The van der Waals surface area contributed by atoms with Gasteiger partial charge in [-0.15, -0.1) is 0 Å². The van der Waals surface area contributed by atoms with Crippen LogP contribution in [-0.4, -0.2) is 18.6 Å². The van der Waals surface area contributed by atoms with E-state index in [9.17, 15) is 8.42 Å². The summed E-state index contributed by atoms with van der Waals surface area (Å²) >= 11 is 0. The predicted octanol–water partition coefficient (Wildman–Crippen LogP) is 0.00860. The highest BCUT2D eigenvalue weighted by Gasteiger charge is 2.17. The van der Waals surface area contributed by atoms with Crippen LogP contribution in [0.1, 0.15) is 29.8 Å². The lowest BCUT2D eigenvalue weighted by Gasteiger charge is -2.10. The molecule has 1 aromatic heterocycles. The lowest BCUT2D eigenvalue weighted by atomic mass is 9.96. The third-order valence-corrected chi connectivity index (χ3v) is 2.95. The molecule has 15 heavy (non-hydrogen) atoms. The molecule has 7 heteroatoms. The summed E-state index contributed by atoms with van der Waals surface area (Å²) in [4.78, 5) is 0. The van der Waals surface area contributed by atoms with E-state index < -0.39 is 10.3 Å². The second kappa shape index (κ2) is 3.92. The summed E-state index contributed by atoms with van der Waals surface area (Å²) in [7, 11) is -3.88. The summed E-state index contributed by atoms with van der Waals surface area (Å²) in [5, 5.41) is 11.7. The first-order valence-corrected chi connectivity index (χ1v) is 6.25. The number of H-pyrrole nitrogens is 1. The van der Waals surface area contributed by atoms with Gasteiger partial charge in [0.05, 0.1) is 5.69 Å². The third kappa shape index (κ3) is 2.55. The smallest absolute Gasteiger partial charge is 0.282 e. The Morgan fingerprint density at radius 1 is 1.40 bits per heavy atom. The molecule has 6 nitrogen and oxygen atoms in total. The van der Waals surface area contributed by atoms with E-state index in [2.05, 4.69) is 14.4 Å². The minimum Gasteiger partial charge on any atom is -0.282 e. The monoisotopic (exact) mass is 231 g/mol. The van der Waals surface area contributed by atoms with Crippen LogP contribution < -0.4 is 5.14 Å². The van der Waals surface area contributed by atoms with Gasteiger partial charge in [-0.2, -0.15) is 13.5 Å². The summed E-state index contributed by atoms with van der Waals surface area (Å²) in [5.41, 5.74) is 2.83. The molecular formula is C8H13N3O3S. The van der Waals surface area contributed by atoms with Crippen molar-refractivity contribution in [2.75, 3.05) is 0 Å². The molecule has 0 atom stereocenters. The van der Waals surface area contributed by atoms with Gasteiger partial charge < -0.3 is 0 Å². The van der Waals surface area contributed by atoms with Crippen molar-refractivity contribution >= 4 is 10.3 Å². The Balaban J connectivity index is 2.12. The summed E-state index contributed by atoms with van der Waals surface area (Å²) < 4.78 is 25.7. The van der Waals surface area contributed by atoms with Gasteiger partial charge in [-0.25, -0.2) is 5.14 Å². The van der Waals surface area contributed by atoms with Crippen LogP contribution in [0.5, 0.6) is 0 Å². The first kappa shape index (κ1) is 10.6. The highest BCUT2D eigenvalue weighted by molar-refractivity contribution is 7.84. The van der Waals surface area contributed by atoms with E-state index in [1.54, 1.807) is 0 Å². The maximum absolute atomic E-state index is 10.6. The SMILES string of the molecule is NS(=O)(=O)OCc1n[nH]c2c1CCCC2. The van der Waals surface area contributed by atoms with Gasteiger partial charge in [-0.1, -0.05) is 0 Å². The Kier molecular flexibility index (Phi) is 2.76. The van der Waals surface area contributed by atoms with E-state index in [0.29, 0.717) is 5.69 Å². The van der Waals surface area contributed by atoms with Gasteiger partial charge in [0.1, 0.15) is 6.61 Å². The van der Waals surface area contributed by atoms with E-state index in [1.807, 2.05) is 0 Å². The van der Waals surface area contributed by atoms with E-state index >= 15 is 0 Å². The molecule has 0 amide bonds. The first-order chi connectivity index (χ1) is 7.06. The average molecular weight is 231 g/mol. The zero-order valence-corrected chi connectivity index (χ0v) is 9.01. The maximum Gasteiger partial charge on any atom is 0.333 e. The van der Waals surface area contributed by atoms with Crippen molar-refractivity contribution in [3.05, 3.63) is 17.0 Å². The number of hydrogen-bond acceptors (Lipinski definition) is 4. The van der Waals surface area contributed by atoms with Crippen molar-refractivity contribution in [3.8, 4) is 0 Å². The number of aryl methyl sites for hydroxylation is 1. The van der Waals surface area contributed by atoms with Crippen molar-refractivity contribution in [2.45, 2.75) is 32.3 Å². The van der Waals surface area contributed by atoms with Crippen molar-refractivity contribution in [3.63, 3.8) is 0 Å². The maximum atomic E-state index is 10.6. The first-order valence-electron chi connectivity index (χ1n) is 4.78. The number of nitrogens with two attached hydrogens (primary N) is 1. The van der Waals surface area contributed by atoms with Crippen molar-refractivity contribution in [1.29, 1.82) is 0 Å². The fraction of sp³-hybridized carbons (Fsp3) is 0.625. The van der Waals surface area contributed by atoms with Crippen LogP contribution in [0.4, 0.5) is 0 Å². The molecule has 0 bridgehead atoms. The van der Waals surface area contributed by atoms with Crippen LogP contribution in [0, 0.1) is 0 Å². The quantitative estimate of drug-likeness (QED) is 0.765. The molecule has 0 saturated carbocycles. The molecule has 2 rings (SSSR count). The van der Waals surface area contributed by atoms with E-state index in [1.165, 1.54) is 0 Å². The second-order valence-electron chi connectivity index (χ2n) is 3.59. The molecule has 1 aromatic rings. The van der Waals surface area contributed by atoms with Gasteiger partial charge >= 0.3 is 10.3 Å². The van der Waals surface area contributed by atoms with E-state index in [-0.39, 0.29) is 6.61 Å². The second-order valence-corrected chi connectivity index (χ2v) is 4.81. The summed E-state index contributed by atoms with van der Waals surface area (Å²) in [6.07, 6.45) is 4.15. The third-order valence-electron chi connectivity index (χ3n) is 2.50. The van der Waals surface area contributed by atoms with Crippen LogP contribution in [0.15, 0.2) is 0 Å². The van der Waals surface area contributed by atoms with E-state index in [0.717, 1.165) is 36.9 Å². The van der Waals surface area contributed by atoms with Crippen LogP contribution >= 0.6 is 0 Å². The predicted molar refractivity (Wildman–Crippen MR) is 53.1 cm³/mol. The molecule has 0 aromatic carbocycles. The number of fused-ring (bicyclic) bond motifs is 1.